The third-order valence-electron chi connectivity index (χ3n) is 3.61. The summed E-state index contributed by atoms with van der Waals surface area (Å²) in [5.41, 5.74) is 0.363. The van der Waals surface area contributed by atoms with E-state index in [-0.39, 0.29) is 17.8 Å². The van der Waals surface area contributed by atoms with Gasteiger partial charge in [0.25, 0.3) is 5.91 Å². The highest BCUT2D eigenvalue weighted by Crippen LogP contribution is 2.28. The van der Waals surface area contributed by atoms with Crippen LogP contribution in [0.25, 0.3) is 0 Å². The van der Waals surface area contributed by atoms with E-state index in [1.54, 1.807) is 0 Å². The molecule has 0 aromatic carbocycles. The van der Waals surface area contributed by atoms with Gasteiger partial charge in [0.15, 0.2) is 0 Å². The molecule has 2 amide bonds. The second kappa shape index (κ2) is 9.56. The Bertz CT molecular complexity index is 617. The van der Waals surface area contributed by atoms with Crippen molar-refractivity contribution in [2.24, 2.45) is 5.41 Å². The third kappa shape index (κ3) is 7.25. The smallest absolute Gasteiger partial charge is 0.305 e. The maximum atomic E-state index is 12.3. The van der Waals surface area contributed by atoms with Crippen LogP contribution in [0.1, 0.15) is 61.7 Å². The van der Waals surface area contributed by atoms with Gasteiger partial charge in [0.2, 0.25) is 5.91 Å². The van der Waals surface area contributed by atoms with Gasteiger partial charge < -0.3 is 15.4 Å². The zero-order chi connectivity index (χ0) is 19.0. The highest BCUT2D eigenvalue weighted by molar-refractivity contribution is 7.18. The molecule has 0 fully saturated rings. The summed E-state index contributed by atoms with van der Waals surface area (Å²) in [6, 6.07) is 1.82. The van der Waals surface area contributed by atoms with Gasteiger partial charge in [-0.05, 0) is 31.4 Å². The van der Waals surface area contributed by atoms with Gasteiger partial charge >= 0.3 is 5.97 Å². The highest BCUT2D eigenvalue weighted by Gasteiger charge is 2.22. The number of rotatable bonds is 8. The summed E-state index contributed by atoms with van der Waals surface area (Å²) < 4.78 is 4.58. The van der Waals surface area contributed by atoms with Gasteiger partial charge in [-0.15, -0.1) is 11.3 Å². The Hall–Kier alpha value is -1.89. The van der Waals surface area contributed by atoms with Crippen LogP contribution in [0, 0.1) is 12.3 Å². The van der Waals surface area contributed by atoms with Crippen molar-refractivity contribution in [1.29, 1.82) is 0 Å². The first-order chi connectivity index (χ1) is 11.6. The molecule has 1 rings (SSSR count). The molecule has 1 aromatic rings. The van der Waals surface area contributed by atoms with Gasteiger partial charge in [-0.25, -0.2) is 0 Å². The Morgan fingerprint density at radius 2 is 1.84 bits per heavy atom. The Labute approximate surface area is 153 Å². The first-order valence-electron chi connectivity index (χ1n) is 8.42. The minimum absolute atomic E-state index is 0.0775. The molecule has 0 radical (unpaired) electrons. The molecule has 7 heteroatoms. The van der Waals surface area contributed by atoms with Crippen molar-refractivity contribution in [2.45, 2.75) is 53.4 Å². The minimum Gasteiger partial charge on any atom is -0.469 e. The Morgan fingerprint density at radius 3 is 2.44 bits per heavy atom. The third-order valence-corrected chi connectivity index (χ3v) is 4.76. The molecule has 0 aliphatic rings. The number of ether oxygens (including phenoxy) is 1. The van der Waals surface area contributed by atoms with Crippen molar-refractivity contribution in [3.05, 3.63) is 16.5 Å². The number of esters is 1. The maximum Gasteiger partial charge on any atom is 0.305 e. The number of aryl methyl sites for hydroxylation is 1. The van der Waals surface area contributed by atoms with Crippen molar-refractivity contribution in [1.82, 2.24) is 5.32 Å². The van der Waals surface area contributed by atoms with E-state index in [0.29, 0.717) is 22.8 Å². The predicted molar refractivity (Wildman–Crippen MR) is 100.0 cm³/mol. The molecule has 0 saturated carbocycles. The number of hydrogen-bond donors (Lipinski definition) is 2. The van der Waals surface area contributed by atoms with Crippen LogP contribution in [0.3, 0.4) is 0 Å². The molecule has 25 heavy (non-hydrogen) atoms. The number of carbonyl (C=O) groups excluding carboxylic acids is 3. The normalized spacial score (nSPS) is 11.1. The number of nitrogens with one attached hydrogen (secondary N) is 2. The van der Waals surface area contributed by atoms with Gasteiger partial charge in [0.05, 0.1) is 17.0 Å². The number of unbranched alkanes of at least 4 members (excludes halogenated alkanes) is 2. The zero-order valence-electron chi connectivity index (χ0n) is 15.7. The summed E-state index contributed by atoms with van der Waals surface area (Å²) in [6.45, 7) is 7.94. The quantitative estimate of drug-likeness (QED) is 0.543. The number of hydrogen-bond acceptors (Lipinski definition) is 5. The maximum absolute atomic E-state index is 12.3. The topological polar surface area (TPSA) is 84.5 Å². The molecule has 0 atom stereocenters. The summed E-state index contributed by atoms with van der Waals surface area (Å²) in [6.07, 6.45) is 2.82. The van der Waals surface area contributed by atoms with E-state index in [1.807, 2.05) is 33.8 Å². The Balaban J connectivity index is 2.43. The van der Waals surface area contributed by atoms with Crippen LogP contribution >= 0.6 is 11.3 Å². The van der Waals surface area contributed by atoms with Gasteiger partial charge in [-0.2, -0.15) is 0 Å². The first kappa shape index (κ1) is 21.2. The van der Waals surface area contributed by atoms with E-state index >= 15 is 0 Å². The fraction of sp³-hybridized carbons (Fsp3) is 0.611. The summed E-state index contributed by atoms with van der Waals surface area (Å²) in [7, 11) is 1.38. The standard InChI is InChI=1S/C18H28N2O4S/c1-12-11-13(20-17(23)18(2,3)4)25-15(12)16(22)19-10-8-6-7-9-14(21)24-5/h11H,6-10H2,1-5H3,(H,19,22)(H,20,23). The number of thiophene rings is 1. The van der Waals surface area contributed by atoms with Crippen molar-refractivity contribution in [3.63, 3.8) is 0 Å². The average molecular weight is 368 g/mol. The monoisotopic (exact) mass is 368 g/mol. The van der Waals surface area contributed by atoms with E-state index in [0.717, 1.165) is 24.8 Å². The van der Waals surface area contributed by atoms with Crippen molar-refractivity contribution >= 4 is 34.1 Å². The lowest BCUT2D eigenvalue weighted by molar-refractivity contribution is -0.140. The lowest BCUT2D eigenvalue weighted by atomic mass is 9.96. The number of methoxy groups -OCH3 is 1. The van der Waals surface area contributed by atoms with Gasteiger partial charge in [0.1, 0.15) is 0 Å². The molecular formula is C18H28N2O4S. The van der Waals surface area contributed by atoms with Gasteiger partial charge in [0, 0.05) is 18.4 Å². The molecule has 6 nitrogen and oxygen atoms in total. The van der Waals surface area contributed by atoms with Crippen LogP contribution in [0.15, 0.2) is 6.07 Å². The number of carbonyl (C=O) groups is 3. The zero-order valence-corrected chi connectivity index (χ0v) is 16.5. The minimum atomic E-state index is -0.482. The molecule has 0 bridgehead atoms. The second-order valence-electron chi connectivity index (χ2n) is 6.97. The van der Waals surface area contributed by atoms with E-state index < -0.39 is 5.41 Å². The number of anilines is 1. The average Bonchev–Trinajstić information content (AvgIpc) is 2.89. The van der Waals surface area contributed by atoms with Crippen LogP contribution in [-0.4, -0.2) is 31.4 Å². The van der Waals surface area contributed by atoms with Crippen LogP contribution in [0.2, 0.25) is 0 Å². The molecule has 1 aromatic heterocycles. The molecule has 2 N–H and O–H groups in total. The number of amides is 2. The van der Waals surface area contributed by atoms with E-state index in [2.05, 4.69) is 15.4 Å². The van der Waals surface area contributed by atoms with Gasteiger partial charge in [-0.3, -0.25) is 14.4 Å². The fourth-order valence-corrected chi connectivity index (χ4v) is 3.01. The largest absolute Gasteiger partial charge is 0.469 e. The molecule has 1 heterocycles. The molecule has 0 unspecified atom stereocenters. The van der Waals surface area contributed by atoms with Crippen LogP contribution in [0.4, 0.5) is 5.00 Å². The summed E-state index contributed by atoms with van der Waals surface area (Å²) >= 11 is 1.28. The second-order valence-corrected chi connectivity index (χ2v) is 8.02. The van der Waals surface area contributed by atoms with Crippen molar-refractivity contribution in [3.8, 4) is 0 Å². The molecule has 140 valence electrons. The molecule has 0 spiro atoms. The summed E-state index contributed by atoms with van der Waals surface area (Å²) in [5, 5.41) is 6.42. The molecule has 0 aliphatic carbocycles. The first-order valence-corrected chi connectivity index (χ1v) is 9.23. The van der Waals surface area contributed by atoms with Gasteiger partial charge in [-0.1, -0.05) is 27.2 Å². The SMILES string of the molecule is COC(=O)CCCCCNC(=O)c1sc(NC(=O)C(C)(C)C)cc1C. The lowest BCUT2D eigenvalue weighted by Gasteiger charge is -2.16. The van der Waals surface area contributed by atoms with E-state index in [4.69, 9.17) is 0 Å². The summed E-state index contributed by atoms with van der Waals surface area (Å²) in [5.74, 6) is -0.416. The molecule has 0 saturated heterocycles. The van der Waals surface area contributed by atoms with E-state index in [1.165, 1.54) is 18.4 Å². The van der Waals surface area contributed by atoms with Crippen molar-refractivity contribution < 1.29 is 19.1 Å². The Morgan fingerprint density at radius 1 is 1.16 bits per heavy atom. The van der Waals surface area contributed by atoms with Crippen LogP contribution in [-0.2, 0) is 14.3 Å². The molecule has 0 aliphatic heterocycles. The van der Waals surface area contributed by atoms with Crippen molar-refractivity contribution in [2.75, 3.05) is 19.0 Å². The highest BCUT2D eigenvalue weighted by atomic mass is 32.1. The lowest BCUT2D eigenvalue weighted by Crippen LogP contribution is -2.27. The Kier molecular flexibility index (Phi) is 8.09. The predicted octanol–water partition coefficient (Wildman–Crippen LogP) is 3.50. The summed E-state index contributed by atoms with van der Waals surface area (Å²) in [4.78, 5) is 35.9. The fourth-order valence-electron chi connectivity index (χ4n) is 2.02. The molecular weight excluding hydrogens is 340 g/mol. The van der Waals surface area contributed by atoms with Crippen LogP contribution < -0.4 is 10.6 Å². The van der Waals surface area contributed by atoms with E-state index in [9.17, 15) is 14.4 Å². The van der Waals surface area contributed by atoms with Crippen LogP contribution in [0.5, 0.6) is 0 Å².